The zero-order valence-corrected chi connectivity index (χ0v) is 11.5. The second kappa shape index (κ2) is 8.77. The molecule has 0 heterocycles. The van der Waals surface area contributed by atoms with Gasteiger partial charge in [-0.2, -0.15) is 5.26 Å². The van der Waals surface area contributed by atoms with E-state index in [1.165, 1.54) is 0 Å². The van der Waals surface area contributed by atoms with Crippen molar-refractivity contribution in [1.82, 2.24) is 5.43 Å². The Morgan fingerprint density at radius 2 is 2.05 bits per heavy atom. The molecule has 0 aromatic heterocycles. The molecule has 108 valence electrons. The van der Waals surface area contributed by atoms with E-state index in [-0.39, 0.29) is 5.91 Å². The number of hydrogen-bond acceptors (Lipinski definition) is 5. The number of nitriles is 1. The maximum absolute atomic E-state index is 10.9. The fourth-order valence-electron chi connectivity index (χ4n) is 1.66. The lowest BCUT2D eigenvalue weighted by Crippen LogP contribution is -2.29. The minimum atomic E-state index is -0.155. The van der Waals surface area contributed by atoms with E-state index >= 15 is 0 Å². The van der Waals surface area contributed by atoms with Crippen LogP contribution in [0.25, 0.3) is 0 Å². The van der Waals surface area contributed by atoms with Gasteiger partial charge in [0.1, 0.15) is 11.5 Å². The third-order valence-electron chi connectivity index (χ3n) is 2.72. The molecule has 0 bridgehead atoms. The van der Waals surface area contributed by atoms with Crippen LogP contribution < -0.4 is 20.7 Å². The second-order valence-corrected chi connectivity index (χ2v) is 4.24. The predicted molar refractivity (Wildman–Crippen MR) is 74.0 cm³/mol. The van der Waals surface area contributed by atoms with E-state index in [4.69, 9.17) is 20.6 Å². The number of hydrogen-bond donors (Lipinski definition) is 2. The van der Waals surface area contributed by atoms with Crippen LogP contribution in [0.2, 0.25) is 0 Å². The van der Waals surface area contributed by atoms with Crippen molar-refractivity contribution >= 4 is 5.91 Å². The van der Waals surface area contributed by atoms with Crippen LogP contribution in [0.1, 0.15) is 31.2 Å². The van der Waals surface area contributed by atoms with Crippen LogP contribution in [-0.2, 0) is 4.79 Å². The molecule has 6 heteroatoms. The Hall–Kier alpha value is -2.26. The van der Waals surface area contributed by atoms with Gasteiger partial charge in [0, 0.05) is 12.5 Å². The standard InChI is InChI=1S/C14H19N3O3/c1-19-12-7-11(10-15)8-13(9-12)20-6-4-2-3-5-14(18)17-16/h7-9H,2-6,16H2,1H3,(H,17,18). The summed E-state index contributed by atoms with van der Waals surface area (Å²) in [7, 11) is 1.54. The average Bonchev–Trinajstić information content (AvgIpc) is 2.49. The Labute approximate surface area is 118 Å². The van der Waals surface area contributed by atoms with Crippen LogP contribution in [0.15, 0.2) is 18.2 Å². The van der Waals surface area contributed by atoms with Gasteiger partial charge in [0.05, 0.1) is 25.3 Å². The Kier molecular flexibility index (Phi) is 6.93. The van der Waals surface area contributed by atoms with E-state index in [1.54, 1.807) is 25.3 Å². The van der Waals surface area contributed by atoms with Gasteiger partial charge in [-0.3, -0.25) is 10.2 Å². The van der Waals surface area contributed by atoms with Crippen LogP contribution in [0.4, 0.5) is 0 Å². The molecule has 0 aliphatic rings. The summed E-state index contributed by atoms with van der Waals surface area (Å²) < 4.78 is 10.7. The predicted octanol–water partition coefficient (Wildman–Crippen LogP) is 1.50. The minimum Gasteiger partial charge on any atom is -0.497 e. The van der Waals surface area contributed by atoms with Crippen molar-refractivity contribution in [3.8, 4) is 17.6 Å². The highest BCUT2D eigenvalue weighted by atomic mass is 16.5. The molecule has 6 nitrogen and oxygen atoms in total. The van der Waals surface area contributed by atoms with Gasteiger partial charge in [0.25, 0.3) is 0 Å². The lowest BCUT2D eigenvalue weighted by molar-refractivity contribution is -0.121. The first-order chi connectivity index (χ1) is 9.69. The van der Waals surface area contributed by atoms with E-state index < -0.39 is 0 Å². The van der Waals surface area contributed by atoms with Gasteiger partial charge in [-0.1, -0.05) is 0 Å². The Morgan fingerprint density at radius 1 is 1.30 bits per heavy atom. The van der Waals surface area contributed by atoms with Crippen molar-refractivity contribution in [3.05, 3.63) is 23.8 Å². The molecular formula is C14H19N3O3. The van der Waals surface area contributed by atoms with Gasteiger partial charge in [-0.25, -0.2) is 5.84 Å². The molecule has 1 amide bonds. The number of nitrogens with zero attached hydrogens (tertiary/aromatic N) is 1. The number of amides is 1. The zero-order valence-electron chi connectivity index (χ0n) is 11.5. The van der Waals surface area contributed by atoms with E-state index in [9.17, 15) is 4.79 Å². The number of carbonyl (C=O) groups excluding carboxylic acids is 1. The molecule has 0 atom stereocenters. The quantitative estimate of drug-likeness (QED) is 0.325. The molecule has 1 aromatic rings. The Morgan fingerprint density at radius 3 is 2.70 bits per heavy atom. The number of ether oxygens (including phenoxy) is 2. The summed E-state index contributed by atoms with van der Waals surface area (Å²) in [4.78, 5) is 10.9. The average molecular weight is 277 g/mol. The highest BCUT2D eigenvalue weighted by molar-refractivity contribution is 5.75. The molecule has 0 aliphatic heterocycles. The van der Waals surface area contributed by atoms with Gasteiger partial charge < -0.3 is 9.47 Å². The number of unbranched alkanes of at least 4 members (excludes halogenated alkanes) is 2. The minimum absolute atomic E-state index is 0.155. The van der Waals surface area contributed by atoms with Gasteiger partial charge in [-0.05, 0) is 31.4 Å². The smallest absolute Gasteiger partial charge is 0.233 e. The summed E-state index contributed by atoms with van der Waals surface area (Å²) >= 11 is 0. The molecule has 0 saturated heterocycles. The molecule has 0 radical (unpaired) electrons. The lowest BCUT2D eigenvalue weighted by atomic mass is 10.2. The van der Waals surface area contributed by atoms with Crippen molar-refractivity contribution in [2.45, 2.75) is 25.7 Å². The van der Waals surface area contributed by atoms with E-state index in [1.807, 2.05) is 0 Å². The van der Waals surface area contributed by atoms with Crippen molar-refractivity contribution in [2.75, 3.05) is 13.7 Å². The highest BCUT2D eigenvalue weighted by Gasteiger charge is 2.02. The molecule has 0 aliphatic carbocycles. The first-order valence-corrected chi connectivity index (χ1v) is 6.41. The normalized spacial score (nSPS) is 9.65. The highest BCUT2D eigenvalue weighted by Crippen LogP contribution is 2.22. The van der Waals surface area contributed by atoms with Gasteiger partial charge in [0.2, 0.25) is 5.91 Å². The van der Waals surface area contributed by atoms with Crippen molar-refractivity contribution < 1.29 is 14.3 Å². The first-order valence-electron chi connectivity index (χ1n) is 6.41. The SMILES string of the molecule is COc1cc(C#N)cc(OCCCCCC(=O)NN)c1. The summed E-state index contributed by atoms with van der Waals surface area (Å²) in [5.41, 5.74) is 2.59. The Balaban J connectivity index is 2.31. The van der Waals surface area contributed by atoms with Gasteiger partial charge in [0.15, 0.2) is 0 Å². The Bertz CT molecular complexity index is 483. The number of nitrogens with one attached hydrogen (secondary N) is 1. The molecule has 0 saturated carbocycles. The zero-order chi connectivity index (χ0) is 14.8. The van der Waals surface area contributed by atoms with Crippen LogP contribution >= 0.6 is 0 Å². The lowest BCUT2D eigenvalue weighted by Gasteiger charge is -2.08. The van der Waals surface area contributed by atoms with E-state index in [0.717, 1.165) is 19.3 Å². The fraction of sp³-hybridized carbons (Fsp3) is 0.429. The summed E-state index contributed by atoms with van der Waals surface area (Å²) in [6.45, 7) is 0.530. The van der Waals surface area contributed by atoms with Crippen LogP contribution in [0.5, 0.6) is 11.5 Å². The van der Waals surface area contributed by atoms with Crippen molar-refractivity contribution in [3.63, 3.8) is 0 Å². The number of hydrazine groups is 1. The number of carbonyl (C=O) groups is 1. The van der Waals surface area contributed by atoms with E-state index in [0.29, 0.717) is 30.1 Å². The number of benzene rings is 1. The molecule has 0 fully saturated rings. The molecule has 20 heavy (non-hydrogen) atoms. The third kappa shape index (κ3) is 5.59. The molecule has 0 unspecified atom stereocenters. The number of nitrogens with two attached hydrogens (primary N) is 1. The number of methoxy groups -OCH3 is 1. The first kappa shape index (κ1) is 15.8. The summed E-state index contributed by atoms with van der Waals surface area (Å²) in [5, 5.41) is 8.89. The van der Waals surface area contributed by atoms with Crippen LogP contribution in [0.3, 0.4) is 0 Å². The monoisotopic (exact) mass is 277 g/mol. The third-order valence-corrected chi connectivity index (χ3v) is 2.72. The maximum atomic E-state index is 10.9. The number of rotatable bonds is 8. The fourth-order valence-corrected chi connectivity index (χ4v) is 1.66. The molecular weight excluding hydrogens is 258 g/mol. The molecule has 1 aromatic carbocycles. The van der Waals surface area contributed by atoms with Crippen LogP contribution in [-0.4, -0.2) is 19.6 Å². The summed E-state index contributed by atoms with van der Waals surface area (Å²) in [5.74, 6) is 6.03. The van der Waals surface area contributed by atoms with Gasteiger partial charge in [-0.15, -0.1) is 0 Å². The molecule has 0 spiro atoms. The second-order valence-electron chi connectivity index (χ2n) is 4.24. The van der Waals surface area contributed by atoms with E-state index in [2.05, 4.69) is 11.5 Å². The summed E-state index contributed by atoms with van der Waals surface area (Å²) in [6.07, 6.45) is 2.90. The van der Waals surface area contributed by atoms with Crippen molar-refractivity contribution in [1.29, 1.82) is 5.26 Å². The maximum Gasteiger partial charge on any atom is 0.233 e. The van der Waals surface area contributed by atoms with Crippen molar-refractivity contribution in [2.24, 2.45) is 5.84 Å². The molecule has 1 rings (SSSR count). The van der Waals surface area contributed by atoms with Gasteiger partial charge >= 0.3 is 0 Å². The largest absolute Gasteiger partial charge is 0.497 e. The van der Waals surface area contributed by atoms with Crippen LogP contribution in [0, 0.1) is 11.3 Å². The summed E-state index contributed by atoms with van der Waals surface area (Å²) in [6, 6.07) is 7.12. The topological polar surface area (TPSA) is 97.4 Å². The molecule has 3 N–H and O–H groups in total.